The zero-order chi connectivity index (χ0) is 80.4. The Morgan fingerprint density at radius 2 is 0.857 bits per heavy atom. The van der Waals surface area contributed by atoms with E-state index in [1.54, 1.807) is 25.1 Å². The van der Waals surface area contributed by atoms with Crippen LogP contribution in [0.1, 0.15) is 91.5 Å². The van der Waals surface area contributed by atoms with E-state index in [1.165, 1.54) is 96.3 Å². The number of amides is 1. The summed E-state index contributed by atoms with van der Waals surface area (Å²) in [7, 11) is -2.01. The van der Waals surface area contributed by atoms with Crippen LogP contribution in [0.25, 0.3) is 71.2 Å². The van der Waals surface area contributed by atoms with E-state index in [0.29, 0.717) is 84.5 Å². The van der Waals surface area contributed by atoms with Gasteiger partial charge in [0.1, 0.15) is 42.2 Å². The van der Waals surface area contributed by atoms with E-state index in [0.717, 1.165) is 147 Å². The Kier molecular flexibility index (Phi) is 27.8. The fraction of sp³-hybridized carbons (Fsp3) is 0.405. The van der Waals surface area contributed by atoms with Gasteiger partial charge in [0.2, 0.25) is 26.0 Å². The van der Waals surface area contributed by atoms with Crippen molar-refractivity contribution in [3.63, 3.8) is 0 Å². The Hall–Kier alpha value is -8.35. The standard InChI is InChI=1S/C19H25N3O2.C18H25N3O3S.C14H16ClFN2O2S.C14H18FN3O2S.C14H16FN3O2S/c1-14(23)22-8-6-15(7-9-22)18-13-20-19-12-16(4-5-17(18)19)24-11-10-21(2)3;1-20(2)10-11-24-15-4-5-16-17(13-19-18(16)12-15)14-6-8-21(9-7-14)25(3,22)23;1-21(19,20)18-4-2-9(3-5-18)11-8-17-14-7-13(16)12(15)6-10(11)14;2*1-16-21(19,20)18-6-4-10(5-7-18)13-9-17-14-8-11(15)2-3-12(13)14/h4-6,12-13,20H,7-11H2,1-3H3;4-6,12-13,19H,7-11H2,1-3H3;6-9,17H,2-5H2,1H3;2-3,8-10,16-17H,4-7H2,1H3;2-4,8-9,16-17H,5-7H2,1H3. The summed E-state index contributed by atoms with van der Waals surface area (Å²) in [5, 5.41) is 5.34. The summed E-state index contributed by atoms with van der Waals surface area (Å²) in [6, 6.07) is 24.7. The van der Waals surface area contributed by atoms with E-state index in [-0.39, 0.29) is 28.5 Å². The van der Waals surface area contributed by atoms with Gasteiger partial charge in [-0.05, 0) is 186 Å². The van der Waals surface area contributed by atoms with Gasteiger partial charge in [-0.2, -0.15) is 29.8 Å². The molecular weight excluding hydrogens is 1540 g/mol. The molecule has 0 saturated carbocycles. The third-order valence-electron chi connectivity index (χ3n) is 21.0. The number of aromatic nitrogens is 5. The number of rotatable bonds is 19. The van der Waals surface area contributed by atoms with Crippen molar-refractivity contribution in [2.75, 3.05) is 147 Å². The number of aromatic amines is 5. The van der Waals surface area contributed by atoms with Gasteiger partial charge in [-0.25, -0.2) is 43.8 Å². The first-order valence-corrected chi connectivity index (χ1v) is 44.1. The number of fused-ring (bicyclic) bond motifs is 5. The molecule has 7 N–H and O–H groups in total. The Morgan fingerprint density at radius 3 is 1.28 bits per heavy atom. The molecule has 0 unspecified atom stereocenters. The highest BCUT2D eigenvalue weighted by atomic mass is 35.5. The van der Waals surface area contributed by atoms with Crippen molar-refractivity contribution in [2.24, 2.45) is 0 Å². The number of hydrogen-bond acceptors (Lipinski definition) is 13. The molecule has 2 saturated heterocycles. The summed E-state index contributed by atoms with van der Waals surface area (Å²) in [5.41, 5.74) is 13.5. The van der Waals surface area contributed by atoms with Crippen LogP contribution >= 0.6 is 11.6 Å². The van der Waals surface area contributed by atoms with E-state index in [9.17, 15) is 51.6 Å². The van der Waals surface area contributed by atoms with Crippen molar-refractivity contribution in [2.45, 2.75) is 63.7 Å². The molecule has 5 aliphatic rings. The largest absolute Gasteiger partial charge is 0.492 e. The van der Waals surface area contributed by atoms with Crippen LogP contribution in [-0.4, -0.2) is 243 Å². The molecule has 112 heavy (non-hydrogen) atoms. The van der Waals surface area contributed by atoms with Crippen molar-refractivity contribution in [3.05, 3.63) is 184 Å². The van der Waals surface area contributed by atoms with Gasteiger partial charge in [-0.15, -0.1) is 0 Å². The summed E-state index contributed by atoms with van der Waals surface area (Å²) in [6.07, 6.45) is 23.6. The van der Waals surface area contributed by atoms with Crippen LogP contribution in [0.4, 0.5) is 13.2 Å². The van der Waals surface area contributed by atoms with Crippen LogP contribution < -0.4 is 18.9 Å². The number of benzene rings is 5. The van der Waals surface area contributed by atoms with Gasteiger partial charge >= 0.3 is 0 Å². The Bertz CT molecular complexity index is 5570. The highest BCUT2D eigenvalue weighted by Gasteiger charge is 2.31. The fourth-order valence-electron chi connectivity index (χ4n) is 14.6. The molecule has 25 nitrogen and oxygen atoms in total. The molecule has 0 atom stereocenters. The van der Waals surface area contributed by atoms with Crippen molar-refractivity contribution in [1.29, 1.82) is 0 Å². The number of ether oxygens (including phenoxy) is 2. The SMILES string of the molecule is CC(=O)N1CC=C(c2c[nH]c3cc(OCCN(C)C)ccc23)CC1.CN(C)CCOc1ccc2c(C3=CCN(S(C)(=O)=O)CC3)c[nH]c2c1.CNS(=O)(=O)N1CC=C(c2c[nH]c3cc(F)ccc23)CC1.CNS(=O)(=O)N1CCC(c2c[nH]c3cc(F)ccc23)CC1.CS(=O)(=O)N1CCC(c2c[nH]c3cc(F)c(Cl)cc23)CC1. The number of halogens is 4. The van der Waals surface area contributed by atoms with Crippen LogP contribution in [0, 0.1) is 17.5 Å². The predicted molar refractivity (Wildman–Crippen MR) is 440 cm³/mol. The molecule has 0 bridgehead atoms. The lowest BCUT2D eigenvalue weighted by atomic mass is 9.90. The number of nitrogens with one attached hydrogen (secondary N) is 7. The first-order valence-electron chi connectivity index (χ1n) is 37.1. The molecule has 10 heterocycles. The van der Waals surface area contributed by atoms with Crippen molar-refractivity contribution in [1.82, 2.24) is 66.3 Å². The number of carbonyl (C=O) groups is 1. The summed E-state index contributed by atoms with van der Waals surface area (Å²) in [5.74, 6) is 1.46. The third-order valence-corrected chi connectivity index (χ3v) is 26.9. The van der Waals surface area contributed by atoms with Gasteiger partial charge in [0.05, 0.1) is 17.5 Å². The first-order chi connectivity index (χ1) is 53.3. The number of H-pyrrole nitrogens is 5. The van der Waals surface area contributed by atoms with Crippen LogP contribution in [0.3, 0.4) is 0 Å². The number of likely N-dealkylation sites (N-methyl/N-ethyl adjacent to an activating group) is 2. The lowest BCUT2D eigenvalue weighted by Gasteiger charge is -2.30. The second-order valence-corrected chi connectivity index (χ2v) is 37.0. The highest BCUT2D eigenvalue weighted by molar-refractivity contribution is 7.88. The lowest BCUT2D eigenvalue weighted by Crippen LogP contribution is -2.43. The number of sulfonamides is 2. The molecule has 5 aliphatic heterocycles. The summed E-state index contributed by atoms with van der Waals surface area (Å²) < 4.78 is 155. The van der Waals surface area contributed by atoms with E-state index in [4.69, 9.17) is 21.1 Å². The Labute approximate surface area is 658 Å². The fourth-order valence-corrected chi connectivity index (χ4v) is 18.2. The van der Waals surface area contributed by atoms with E-state index in [2.05, 4.69) is 74.6 Å². The first kappa shape index (κ1) is 84.6. The molecule has 0 radical (unpaired) electrons. The second kappa shape index (κ2) is 36.9. The average Bonchev–Trinajstić information content (AvgIpc) is 1.66. The Morgan fingerprint density at radius 1 is 0.473 bits per heavy atom. The minimum Gasteiger partial charge on any atom is -0.492 e. The number of piperidine rings is 2. The molecule has 1 amide bonds. The van der Waals surface area contributed by atoms with Crippen LogP contribution in [0.5, 0.6) is 11.5 Å². The molecule has 2 fully saturated rings. The van der Waals surface area contributed by atoms with Gasteiger partial charge in [-0.1, -0.05) is 29.8 Å². The molecular formula is C79H100ClF3N14O11S4. The van der Waals surface area contributed by atoms with E-state index < -0.39 is 46.3 Å². The van der Waals surface area contributed by atoms with Crippen LogP contribution in [0.15, 0.2) is 134 Å². The third kappa shape index (κ3) is 21.2. The van der Waals surface area contributed by atoms with Crippen LogP contribution in [-0.2, 0) is 45.3 Å². The quantitative estimate of drug-likeness (QED) is 0.0397. The molecule has 15 rings (SSSR count). The van der Waals surface area contributed by atoms with Gasteiger partial charge in [0.25, 0.3) is 20.4 Å². The minimum atomic E-state index is -3.38. The number of hydrogen-bond donors (Lipinski definition) is 7. The number of carbonyl (C=O) groups excluding carboxylic acids is 1. The summed E-state index contributed by atoms with van der Waals surface area (Å²) in [4.78, 5) is 33.4. The zero-order valence-corrected chi connectivity index (χ0v) is 68.5. The maximum Gasteiger partial charge on any atom is 0.279 e. The number of nitrogens with zero attached hydrogens (tertiary/aromatic N) is 7. The summed E-state index contributed by atoms with van der Waals surface area (Å²) in [6.45, 7) is 10.00. The highest BCUT2D eigenvalue weighted by Crippen LogP contribution is 2.39. The average molecular weight is 1640 g/mol. The molecule has 604 valence electrons. The molecule has 5 aromatic heterocycles. The normalized spacial score (nSPS) is 17.0. The zero-order valence-electron chi connectivity index (χ0n) is 64.5. The predicted octanol–water partition coefficient (Wildman–Crippen LogP) is 11.8. The minimum absolute atomic E-state index is 0.108. The van der Waals surface area contributed by atoms with Crippen molar-refractivity contribution in [3.8, 4) is 11.5 Å². The smallest absolute Gasteiger partial charge is 0.279 e. The molecule has 5 aromatic carbocycles. The van der Waals surface area contributed by atoms with Crippen LogP contribution in [0.2, 0.25) is 5.02 Å². The maximum atomic E-state index is 13.5. The molecule has 0 aliphatic carbocycles. The van der Waals surface area contributed by atoms with Gasteiger partial charge in [0, 0.05) is 214 Å². The van der Waals surface area contributed by atoms with Gasteiger partial charge < -0.3 is 49.1 Å². The van der Waals surface area contributed by atoms with Gasteiger partial charge in [-0.3, -0.25) is 4.79 Å². The van der Waals surface area contributed by atoms with E-state index in [1.807, 2.05) is 88.2 Å². The van der Waals surface area contributed by atoms with Gasteiger partial charge in [0.15, 0.2) is 0 Å². The molecule has 10 aromatic rings. The lowest BCUT2D eigenvalue weighted by molar-refractivity contribution is -0.128. The topological polar surface area (TPSA) is 298 Å². The molecule has 0 spiro atoms. The van der Waals surface area contributed by atoms with Crippen molar-refractivity contribution >= 4 is 129 Å². The van der Waals surface area contributed by atoms with E-state index >= 15 is 0 Å². The van der Waals surface area contributed by atoms with Crippen molar-refractivity contribution < 1.29 is 61.1 Å². The second-order valence-electron chi connectivity index (χ2n) is 28.9. The monoisotopic (exact) mass is 1640 g/mol. The maximum absolute atomic E-state index is 13.5. The summed E-state index contributed by atoms with van der Waals surface area (Å²) >= 11 is 5.86. The Balaban J connectivity index is 0.000000139. The molecule has 33 heteroatoms.